The Morgan fingerprint density at radius 1 is 1.14 bits per heavy atom. The number of rotatable bonds is 5. The molecule has 0 saturated carbocycles. The minimum atomic E-state index is -0.295. The van der Waals surface area contributed by atoms with Crippen LogP contribution in [0, 0.1) is 5.92 Å². The molecule has 148 valence electrons. The molecule has 1 saturated heterocycles. The van der Waals surface area contributed by atoms with Gasteiger partial charge in [0.05, 0.1) is 24.6 Å². The minimum Gasteiger partial charge on any atom is -0.497 e. The SMILES string of the molecule is COc1ccc(-n2ncc(C(=O)[C@@H]3CCN(C(=O)c4ccncc4)C3)c2N)cc1. The molecular formula is C21H21N5O3. The fourth-order valence-corrected chi connectivity index (χ4v) is 3.53. The summed E-state index contributed by atoms with van der Waals surface area (Å²) < 4.78 is 6.69. The summed E-state index contributed by atoms with van der Waals surface area (Å²) in [5, 5.41) is 4.28. The highest BCUT2D eigenvalue weighted by molar-refractivity contribution is 6.03. The van der Waals surface area contributed by atoms with Crippen molar-refractivity contribution in [1.82, 2.24) is 19.7 Å². The van der Waals surface area contributed by atoms with E-state index in [0.29, 0.717) is 36.5 Å². The molecule has 3 heterocycles. The van der Waals surface area contributed by atoms with Gasteiger partial charge in [0.1, 0.15) is 11.6 Å². The third-order valence-electron chi connectivity index (χ3n) is 5.16. The second kappa shape index (κ2) is 7.75. The lowest BCUT2D eigenvalue weighted by Gasteiger charge is -2.16. The van der Waals surface area contributed by atoms with Crippen molar-refractivity contribution in [3.63, 3.8) is 0 Å². The van der Waals surface area contributed by atoms with Gasteiger partial charge in [0.25, 0.3) is 5.91 Å². The number of carbonyl (C=O) groups is 2. The first-order chi connectivity index (χ1) is 14.1. The van der Waals surface area contributed by atoms with Crippen molar-refractivity contribution < 1.29 is 14.3 Å². The van der Waals surface area contributed by atoms with Crippen LogP contribution in [0.5, 0.6) is 5.75 Å². The molecule has 1 aliphatic heterocycles. The number of nitrogens with two attached hydrogens (primary N) is 1. The molecule has 1 aromatic carbocycles. The third kappa shape index (κ3) is 3.56. The van der Waals surface area contributed by atoms with Crippen molar-refractivity contribution in [2.24, 2.45) is 5.92 Å². The number of amides is 1. The molecule has 8 heteroatoms. The highest BCUT2D eigenvalue weighted by Crippen LogP contribution is 2.26. The van der Waals surface area contributed by atoms with E-state index in [2.05, 4.69) is 10.1 Å². The smallest absolute Gasteiger partial charge is 0.253 e. The summed E-state index contributed by atoms with van der Waals surface area (Å²) in [6, 6.07) is 10.6. The Kier molecular flexibility index (Phi) is 4.99. The Morgan fingerprint density at radius 3 is 2.55 bits per heavy atom. The number of nitrogens with zero attached hydrogens (tertiary/aromatic N) is 4. The van der Waals surface area contributed by atoms with E-state index in [1.807, 2.05) is 12.1 Å². The van der Waals surface area contributed by atoms with Crippen LogP contribution in [-0.4, -0.2) is 51.6 Å². The fourth-order valence-electron chi connectivity index (χ4n) is 3.53. The Labute approximate surface area is 167 Å². The van der Waals surface area contributed by atoms with E-state index in [1.165, 1.54) is 10.9 Å². The number of ketones is 1. The molecule has 0 aliphatic carbocycles. The van der Waals surface area contributed by atoms with Gasteiger partial charge in [-0.25, -0.2) is 4.68 Å². The lowest BCUT2D eigenvalue weighted by molar-refractivity contribution is 0.0780. The molecule has 8 nitrogen and oxygen atoms in total. The predicted octanol–water partition coefficient (Wildman–Crippen LogP) is 2.20. The number of aromatic nitrogens is 3. The van der Waals surface area contributed by atoms with Gasteiger partial charge >= 0.3 is 0 Å². The minimum absolute atomic E-state index is 0.0905. The van der Waals surface area contributed by atoms with E-state index in [1.54, 1.807) is 48.7 Å². The molecule has 1 atom stereocenters. The normalized spacial score (nSPS) is 16.0. The van der Waals surface area contributed by atoms with Gasteiger partial charge in [-0.05, 0) is 42.8 Å². The molecule has 4 rings (SSSR count). The molecular weight excluding hydrogens is 370 g/mol. The van der Waals surface area contributed by atoms with Crippen LogP contribution >= 0.6 is 0 Å². The lowest BCUT2D eigenvalue weighted by Crippen LogP contribution is -2.30. The zero-order chi connectivity index (χ0) is 20.4. The number of anilines is 1. The van der Waals surface area contributed by atoms with Crippen LogP contribution in [0.25, 0.3) is 5.69 Å². The molecule has 0 spiro atoms. The summed E-state index contributed by atoms with van der Waals surface area (Å²) >= 11 is 0. The Bertz CT molecular complexity index is 1030. The van der Waals surface area contributed by atoms with Gasteiger partial charge in [-0.2, -0.15) is 5.10 Å². The number of ether oxygens (including phenoxy) is 1. The van der Waals surface area contributed by atoms with E-state index < -0.39 is 0 Å². The monoisotopic (exact) mass is 391 g/mol. The van der Waals surface area contributed by atoms with Gasteiger partial charge in [-0.1, -0.05) is 0 Å². The molecule has 3 aromatic rings. The van der Waals surface area contributed by atoms with Crippen molar-refractivity contribution in [2.45, 2.75) is 6.42 Å². The molecule has 0 unspecified atom stereocenters. The van der Waals surface area contributed by atoms with Gasteiger partial charge < -0.3 is 15.4 Å². The quantitative estimate of drug-likeness (QED) is 0.669. The van der Waals surface area contributed by atoms with Gasteiger partial charge in [-0.15, -0.1) is 0 Å². The van der Waals surface area contributed by atoms with Crippen molar-refractivity contribution >= 4 is 17.5 Å². The van der Waals surface area contributed by atoms with Crippen molar-refractivity contribution in [1.29, 1.82) is 0 Å². The second-order valence-electron chi connectivity index (χ2n) is 6.89. The maximum Gasteiger partial charge on any atom is 0.253 e. The fraction of sp³-hybridized carbons (Fsp3) is 0.238. The molecule has 1 aliphatic rings. The summed E-state index contributed by atoms with van der Waals surface area (Å²) in [4.78, 5) is 31.2. The topological polar surface area (TPSA) is 103 Å². The highest BCUT2D eigenvalue weighted by Gasteiger charge is 2.33. The summed E-state index contributed by atoms with van der Waals surface area (Å²) in [6.45, 7) is 0.900. The Balaban J connectivity index is 1.49. The third-order valence-corrected chi connectivity index (χ3v) is 5.16. The Morgan fingerprint density at radius 2 is 1.86 bits per heavy atom. The van der Waals surface area contributed by atoms with Crippen LogP contribution in [0.3, 0.4) is 0 Å². The van der Waals surface area contributed by atoms with Gasteiger partial charge in [0.2, 0.25) is 0 Å². The zero-order valence-electron chi connectivity index (χ0n) is 16.0. The molecule has 0 bridgehead atoms. The number of carbonyl (C=O) groups excluding carboxylic acids is 2. The maximum absolute atomic E-state index is 13.0. The van der Waals surface area contributed by atoms with E-state index in [9.17, 15) is 9.59 Å². The van der Waals surface area contributed by atoms with E-state index >= 15 is 0 Å². The van der Waals surface area contributed by atoms with Crippen molar-refractivity contribution in [2.75, 3.05) is 25.9 Å². The molecule has 0 radical (unpaired) electrons. The van der Waals surface area contributed by atoms with Crippen LogP contribution in [0.15, 0.2) is 55.0 Å². The number of Topliss-reactive ketones (excluding diaryl/α,β-unsaturated/α-hetero) is 1. The molecule has 2 aromatic heterocycles. The summed E-state index contributed by atoms with van der Waals surface area (Å²) in [5.74, 6) is 0.535. The first-order valence-corrected chi connectivity index (χ1v) is 9.30. The average molecular weight is 391 g/mol. The van der Waals surface area contributed by atoms with Crippen LogP contribution < -0.4 is 10.5 Å². The van der Waals surface area contributed by atoms with Crippen LogP contribution in [0.4, 0.5) is 5.82 Å². The first kappa shape index (κ1) is 18.7. The van der Waals surface area contributed by atoms with Crippen molar-refractivity contribution in [3.8, 4) is 11.4 Å². The average Bonchev–Trinajstić information content (AvgIpc) is 3.41. The molecule has 1 amide bonds. The summed E-state index contributed by atoms with van der Waals surface area (Å²) in [5.41, 5.74) is 7.91. The van der Waals surface area contributed by atoms with Crippen LogP contribution in [-0.2, 0) is 0 Å². The number of hydrogen-bond acceptors (Lipinski definition) is 6. The lowest BCUT2D eigenvalue weighted by atomic mass is 9.98. The van der Waals surface area contributed by atoms with Crippen LogP contribution in [0.2, 0.25) is 0 Å². The maximum atomic E-state index is 13.0. The van der Waals surface area contributed by atoms with Gasteiger partial charge in [-0.3, -0.25) is 14.6 Å². The number of methoxy groups -OCH3 is 1. The van der Waals surface area contributed by atoms with Crippen LogP contribution in [0.1, 0.15) is 27.1 Å². The van der Waals surface area contributed by atoms with Gasteiger partial charge in [0.15, 0.2) is 5.78 Å². The highest BCUT2D eigenvalue weighted by atomic mass is 16.5. The molecule has 1 fully saturated rings. The predicted molar refractivity (Wildman–Crippen MR) is 107 cm³/mol. The van der Waals surface area contributed by atoms with E-state index in [4.69, 9.17) is 10.5 Å². The standard InChI is InChI=1S/C21H21N5O3/c1-29-17-4-2-16(3-5-17)26-20(22)18(12-24-26)19(27)15-8-11-25(13-15)21(28)14-6-9-23-10-7-14/h2-7,9-10,12,15H,8,11,13,22H2,1H3/t15-/m1/s1. The number of hydrogen-bond donors (Lipinski definition) is 1. The van der Waals surface area contributed by atoms with Gasteiger partial charge in [0, 0.05) is 37.0 Å². The molecule has 29 heavy (non-hydrogen) atoms. The number of pyridine rings is 1. The second-order valence-corrected chi connectivity index (χ2v) is 6.89. The number of likely N-dealkylation sites (tertiary alicyclic amines) is 1. The number of benzene rings is 1. The number of nitrogen functional groups attached to an aromatic ring is 1. The largest absolute Gasteiger partial charge is 0.497 e. The van der Waals surface area contributed by atoms with E-state index in [-0.39, 0.29) is 17.6 Å². The summed E-state index contributed by atoms with van der Waals surface area (Å²) in [6.07, 6.45) is 5.26. The zero-order valence-corrected chi connectivity index (χ0v) is 16.0. The first-order valence-electron chi connectivity index (χ1n) is 9.30. The Hall–Kier alpha value is -3.68. The van der Waals surface area contributed by atoms with E-state index in [0.717, 1.165) is 11.4 Å². The molecule has 2 N–H and O–H groups in total. The summed E-state index contributed by atoms with van der Waals surface area (Å²) in [7, 11) is 1.60. The van der Waals surface area contributed by atoms with Crippen molar-refractivity contribution in [3.05, 3.63) is 66.1 Å².